The summed E-state index contributed by atoms with van der Waals surface area (Å²) in [4.78, 5) is 14.0. The average Bonchev–Trinajstić information content (AvgIpc) is 2.32. The van der Waals surface area contributed by atoms with Gasteiger partial charge in [0.1, 0.15) is 5.82 Å². The molecule has 0 saturated heterocycles. The Hall–Kier alpha value is -1.79. The molecule has 1 heterocycles. The number of rotatable bonds is 7. The third-order valence-electron chi connectivity index (χ3n) is 2.46. The molecule has 1 aromatic rings. The number of aromatic nitrogens is 1. The van der Waals surface area contributed by atoms with Gasteiger partial charge in [-0.3, -0.25) is 4.79 Å². The number of halogens is 3. The highest BCUT2D eigenvalue weighted by atomic mass is 19.4. The Labute approximate surface area is 108 Å². The monoisotopic (exact) mass is 276 g/mol. The van der Waals surface area contributed by atoms with Crippen LogP contribution in [-0.2, 0) is 11.0 Å². The summed E-state index contributed by atoms with van der Waals surface area (Å²) in [6, 6.07) is 1.87. The third-order valence-corrected chi connectivity index (χ3v) is 2.46. The lowest BCUT2D eigenvalue weighted by atomic mass is 10.2. The number of carbonyl (C=O) groups is 1. The Bertz CT molecular complexity index is 422. The van der Waals surface area contributed by atoms with Crippen LogP contribution in [0, 0.1) is 0 Å². The second-order valence-electron chi connectivity index (χ2n) is 4.06. The predicted octanol–water partition coefficient (Wildman–Crippen LogP) is 3.16. The Kier molecular flexibility index (Phi) is 5.59. The van der Waals surface area contributed by atoms with Crippen molar-refractivity contribution in [3.05, 3.63) is 23.9 Å². The van der Waals surface area contributed by atoms with E-state index >= 15 is 0 Å². The Morgan fingerprint density at radius 1 is 1.32 bits per heavy atom. The minimum Gasteiger partial charge on any atom is -0.481 e. The first-order valence-corrected chi connectivity index (χ1v) is 5.88. The molecule has 0 fully saturated rings. The second-order valence-corrected chi connectivity index (χ2v) is 4.06. The van der Waals surface area contributed by atoms with Crippen molar-refractivity contribution in [2.24, 2.45) is 0 Å². The number of aliphatic carboxylic acids is 1. The van der Waals surface area contributed by atoms with Crippen LogP contribution in [0.25, 0.3) is 0 Å². The summed E-state index contributed by atoms with van der Waals surface area (Å²) in [5.41, 5.74) is -0.740. The largest absolute Gasteiger partial charge is 0.481 e. The van der Waals surface area contributed by atoms with Gasteiger partial charge in [-0.15, -0.1) is 0 Å². The van der Waals surface area contributed by atoms with Gasteiger partial charge in [-0.1, -0.05) is 6.42 Å². The van der Waals surface area contributed by atoms with Gasteiger partial charge in [0.15, 0.2) is 0 Å². The molecular formula is C12H15F3N2O2. The second kappa shape index (κ2) is 6.96. The van der Waals surface area contributed by atoms with Crippen LogP contribution in [0.15, 0.2) is 18.3 Å². The molecule has 0 aliphatic carbocycles. The van der Waals surface area contributed by atoms with Crippen LogP contribution in [0.1, 0.15) is 31.2 Å². The van der Waals surface area contributed by atoms with Crippen LogP contribution in [0.2, 0.25) is 0 Å². The van der Waals surface area contributed by atoms with Gasteiger partial charge < -0.3 is 10.4 Å². The summed E-state index contributed by atoms with van der Waals surface area (Å²) in [5, 5.41) is 11.2. The average molecular weight is 276 g/mol. The number of unbranched alkanes of at least 4 members (excludes halogenated alkanes) is 2. The molecule has 0 aromatic carbocycles. The predicted molar refractivity (Wildman–Crippen MR) is 63.8 cm³/mol. The number of carboxylic acids is 1. The van der Waals surface area contributed by atoms with Gasteiger partial charge in [0, 0.05) is 19.2 Å². The summed E-state index contributed by atoms with van der Waals surface area (Å²) in [5.74, 6) is -0.666. The molecule has 0 unspecified atom stereocenters. The van der Waals surface area contributed by atoms with Crippen LogP contribution in [-0.4, -0.2) is 22.6 Å². The molecular weight excluding hydrogens is 261 g/mol. The van der Waals surface area contributed by atoms with E-state index in [1.165, 1.54) is 0 Å². The Balaban J connectivity index is 2.32. The van der Waals surface area contributed by atoms with Gasteiger partial charge in [-0.05, 0) is 25.0 Å². The molecule has 4 nitrogen and oxygen atoms in total. The molecule has 1 rings (SSSR count). The third kappa shape index (κ3) is 6.08. The van der Waals surface area contributed by atoms with Gasteiger partial charge in [-0.25, -0.2) is 4.98 Å². The van der Waals surface area contributed by atoms with E-state index in [0.29, 0.717) is 25.8 Å². The number of hydrogen-bond acceptors (Lipinski definition) is 3. The fourth-order valence-corrected chi connectivity index (χ4v) is 1.50. The SMILES string of the molecule is O=C(O)CCCCCNc1cc(C(F)(F)F)ccn1. The lowest BCUT2D eigenvalue weighted by molar-refractivity contribution is -0.138. The number of nitrogens with one attached hydrogen (secondary N) is 1. The molecule has 0 bridgehead atoms. The van der Waals surface area contributed by atoms with Gasteiger partial charge in [0.05, 0.1) is 5.56 Å². The molecule has 19 heavy (non-hydrogen) atoms. The molecule has 0 spiro atoms. The maximum Gasteiger partial charge on any atom is 0.416 e. The van der Waals surface area contributed by atoms with E-state index in [0.717, 1.165) is 18.3 Å². The summed E-state index contributed by atoms with van der Waals surface area (Å²) < 4.78 is 37.3. The molecule has 0 amide bonds. The van der Waals surface area contributed by atoms with Crippen molar-refractivity contribution in [2.75, 3.05) is 11.9 Å². The van der Waals surface area contributed by atoms with Gasteiger partial charge in [0.25, 0.3) is 0 Å². The molecule has 0 atom stereocenters. The number of pyridine rings is 1. The van der Waals surface area contributed by atoms with Crippen LogP contribution in [0.4, 0.5) is 19.0 Å². The Morgan fingerprint density at radius 3 is 2.68 bits per heavy atom. The highest BCUT2D eigenvalue weighted by Gasteiger charge is 2.30. The number of alkyl halides is 3. The van der Waals surface area contributed by atoms with Crippen LogP contribution in [0.5, 0.6) is 0 Å². The quantitative estimate of drug-likeness (QED) is 0.751. The molecule has 106 valence electrons. The molecule has 0 aliphatic rings. The molecule has 0 radical (unpaired) electrons. The van der Waals surface area contributed by atoms with Crippen molar-refractivity contribution in [3.63, 3.8) is 0 Å². The molecule has 7 heteroatoms. The van der Waals surface area contributed by atoms with E-state index in [4.69, 9.17) is 5.11 Å². The van der Waals surface area contributed by atoms with Gasteiger partial charge in [0.2, 0.25) is 0 Å². The number of nitrogens with zero attached hydrogens (tertiary/aromatic N) is 1. The van der Waals surface area contributed by atoms with Crippen LogP contribution in [0.3, 0.4) is 0 Å². The van der Waals surface area contributed by atoms with E-state index in [2.05, 4.69) is 10.3 Å². The van der Waals surface area contributed by atoms with Crippen LogP contribution < -0.4 is 5.32 Å². The standard InChI is InChI=1S/C12H15F3N2O2/c13-12(14,15)9-5-7-17-10(8-9)16-6-3-1-2-4-11(18)19/h5,7-8H,1-4,6H2,(H,16,17)(H,18,19). The summed E-state index contributed by atoms with van der Waals surface area (Å²) in [7, 11) is 0. The number of carboxylic acid groups (broad SMARTS) is 1. The van der Waals surface area contributed by atoms with Crippen molar-refractivity contribution >= 4 is 11.8 Å². The lowest BCUT2D eigenvalue weighted by Gasteiger charge is -2.09. The van der Waals surface area contributed by atoms with E-state index in [9.17, 15) is 18.0 Å². The molecule has 1 aromatic heterocycles. The maximum atomic E-state index is 12.4. The fourth-order valence-electron chi connectivity index (χ4n) is 1.50. The summed E-state index contributed by atoms with van der Waals surface area (Å²) in [6.07, 6.45) is -1.20. The minimum absolute atomic E-state index is 0.113. The lowest BCUT2D eigenvalue weighted by Crippen LogP contribution is -2.08. The van der Waals surface area contributed by atoms with E-state index in [-0.39, 0.29) is 12.2 Å². The van der Waals surface area contributed by atoms with Gasteiger partial charge in [-0.2, -0.15) is 13.2 Å². The zero-order chi connectivity index (χ0) is 14.3. The highest BCUT2D eigenvalue weighted by Crippen LogP contribution is 2.29. The van der Waals surface area contributed by atoms with Crippen molar-refractivity contribution in [1.29, 1.82) is 0 Å². The summed E-state index contributed by atoms with van der Waals surface area (Å²) in [6.45, 7) is 0.466. The van der Waals surface area contributed by atoms with Crippen molar-refractivity contribution in [2.45, 2.75) is 31.9 Å². The first kappa shape index (κ1) is 15.3. The smallest absolute Gasteiger partial charge is 0.416 e. The molecule has 0 saturated carbocycles. The number of anilines is 1. The molecule has 2 N–H and O–H groups in total. The van der Waals surface area contributed by atoms with Crippen molar-refractivity contribution in [1.82, 2.24) is 4.98 Å². The number of hydrogen-bond donors (Lipinski definition) is 2. The topological polar surface area (TPSA) is 62.2 Å². The maximum absolute atomic E-state index is 12.4. The Morgan fingerprint density at radius 2 is 2.05 bits per heavy atom. The van der Waals surface area contributed by atoms with Crippen LogP contribution >= 0.6 is 0 Å². The van der Waals surface area contributed by atoms with E-state index < -0.39 is 17.7 Å². The fraction of sp³-hybridized carbons (Fsp3) is 0.500. The first-order valence-electron chi connectivity index (χ1n) is 5.88. The zero-order valence-electron chi connectivity index (χ0n) is 10.2. The van der Waals surface area contributed by atoms with Crippen molar-refractivity contribution in [3.8, 4) is 0 Å². The van der Waals surface area contributed by atoms with Crippen molar-refractivity contribution < 1.29 is 23.1 Å². The zero-order valence-corrected chi connectivity index (χ0v) is 10.2. The van der Waals surface area contributed by atoms with Gasteiger partial charge >= 0.3 is 12.1 Å². The summed E-state index contributed by atoms with van der Waals surface area (Å²) >= 11 is 0. The highest BCUT2D eigenvalue weighted by molar-refractivity contribution is 5.66. The molecule has 0 aliphatic heterocycles. The minimum atomic E-state index is -4.37. The normalized spacial score (nSPS) is 11.3. The first-order chi connectivity index (χ1) is 8.89. The van der Waals surface area contributed by atoms with E-state index in [1.807, 2.05) is 0 Å². The van der Waals surface area contributed by atoms with E-state index in [1.54, 1.807) is 0 Å².